The van der Waals surface area contributed by atoms with E-state index in [1.165, 1.54) is 17.9 Å². The summed E-state index contributed by atoms with van der Waals surface area (Å²) in [6.07, 6.45) is 1.18. The van der Waals surface area contributed by atoms with Crippen molar-refractivity contribution in [3.05, 3.63) is 54.3 Å². The Morgan fingerprint density at radius 1 is 1.09 bits per heavy atom. The van der Waals surface area contributed by atoms with Crippen molar-refractivity contribution in [2.45, 2.75) is 52.6 Å². The fourth-order valence-corrected chi connectivity index (χ4v) is 3.90. The molecule has 3 rings (SSSR count). The normalized spacial score (nSPS) is 16.8. The topological polar surface area (TPSA) is 87.7 Å². The number of amides is 3. The molecule has 1 fully saturated rings. The molecule has 2 atom stereocenters. The summed E-state index contributed by atoms with van der Waals surface area (Å²) in [6, 6.07) is 11.7. The highest BCUT2D eigenvalue weighted by Gasteiger charge is 2.41. The minimum absolute atomic E-state index is 0.287. The molecule has 1 saturated heterocycles. The van der Waals surface area contributed by atoms with Gasteiger partial charge in [-0.3, -0.25) is 14.4 Å². The summed E-state index contributed by atoms with van der Waals surface area (Å²) < 4.78 is 14.0. The maximum atomic E-state index is 14.0. The van der Waals surface area contributed by atoms with Crippen molar-refractivity contribution in [1.82, 2.24) is 15.7 Å². The average Bonchev–Trinajstić information content (AvgIpc) is 3.25. The Kier molecular flexibility index (Phi) is 7.36. The van der Waals surface area contributed by atoms with Crippen LogP contribution in [0.3, 0.4) is 0 Å². The predicted molar refractivity (Wildman–Crippen MR) is 122 cm³/mol. The number of hydrogen-bond donors (Lipinski definition) is 2. The van der Waals surface area contributed by atoms with Gasteiger partial charge in [0.2, 0.25) is 11.8 Å². The largest absolute Gasteiger partial charge is 0.379 e. The van der Waals surface area contributed by atoms with E-state index in [4.69, 9.17) is 4.84 Å². The lowest BCUT2D eigenvalue weighted by Crippen LogP contribution is -2.57. The van der Waals surface area contributed by atoms with Crippen LogP contribution in [0.4, 0.5) is 4.39 Å². The van der Waals surface area contributed by atoms with Crippen molar-refractivity contribution in [3.8, 4) is 16.9 Å². The maximum Gasteiger partial charge on any atom is 0.275 e. The van der Waals surface area contributed by atoms with Gasteiger partial charge in [-0.15, -0.1) is 0 Å². The number of benzene rings is 2. The van der Waals surface area contributed by atoms with E-state index >= 15 is 0 Å². The highest BCUT2D eigenvalue weighted by atomic mass is 19.1. The van der Waals surface area contributed by atoms with Gasteiger partial charge in [0, 0.05) is 19.0 Å². The lowest BCUT2D eigenvalue weighted by molar-refractivity contribution is -0.145. The van der Waals surface area contributed by atoms with Gasteiger partial charge in [-0.1, -0.05) is 51.1 Å². The Balaban J connectivity index is 1.64. The second kappa shape index (κ2) is 10.0. The molecular weight excluding hydrogens is 425 g/mol. The van der Waals surface area contributed by atoms with Crippen molar-refractivity contribution < 1.29 is 23.6 Å². The van der Waals surface area contributed by atoms with Crippen LogP contribution in [0.25, 0.3) is 11.1 Å². The summed E-state index contributed by atoms with van der Waals surface area (Å²) in [7, 11) is 0. The minimum Gasteiger partial charge on any atom is -0.379 e. The lowest BCUT2D eigenvalue weighted by atomic mass is 9.85. The average molecular weight is 456 g/mol. The van der Waals surface area contributed by atoms with Crippen LogP contribution >= 0.6 is 0 Å². The third kappa shape index (κ3) is 5.88. The van der Waals surface area contributed by atoms with Gasteiger partial charge in [-0.05, 0) is 42.0 Å². The van der Waals surface area contributed by atoms with Gasteiger partial charge in [0.05, 0.1) is 0 Å². The van der Waals surface area contributed by atoms with Crippen molar-refractivity contribution >= 4 is 17.7 Å². The molecule has 1 aliphatic rings. The van der Waals surface area contributed by atoms with Crippen LogP contribution in [-0.4, -0.2) is 41.2 Å². The first-order valence-corrected chi connectivity index (χ1v) is 11.0. The van der Waals surface area contributed by atoms with Crippen LogP contribution < -0.4 is 15.6 Å². The number of carbonyl (C=O) groups excluding carboxylic acids is 3. The van der Waals surface area contributed by atoms with Crippen molar-refractivity contribution in [2.75, 3.05) is 6.54 Å². The number of hydrogen-bond acceptors (Lipinski definition) is 4. The number of hydroxylamine groups is 1. The molecule has 176 valence electrons. The number of nitrogens with zero attached hydrogens (tertiary/aromatic N) is 1. The van der Waals surface area contributed by atoms with Crippen molar-refractivity contribution in [3.63, 3.8) is 0 Å². The molecule has 3 amide bonds. The molecule has 1 aliphatic heterocycles. The second-order valence-electron chi connectivity index (χ2n) is 9.26. The van der Waals surface area contributed by atoms with Gasteiger partial charge in [0.25, 0.3) is 5.91 Å². The van der Waals surface area contributed by atoms with Crippen LogP contribution in [0, 0.1) is 11.2 Å². The van der Waals surface area contributed by atoms with Gasteiger partial charge in [-0.25, -0.2) is 4.39 Å². The number of nitrogens with one attached hydrogen (secondary N) is 2. The molecule has 7 nitrogen and oxygen atoms in total. The zero-order valence-corrected chi connectivity index (χ0v) is 19.4. The number of likely N-dealkylation sites (tertiary alicyclic amines) is 1. The summed E-state index contributed by atoms with van der Waals surface area (Å²) in [5, 5.41) is 2.72. The molecule has 0 radical (unpaired) electrons. The van der Waals surface area contributed by atoms with Crippen LogP contribution in [0.1, 0.15) is 40.5 Å². The van der Waals surface area contributed by atoms with E-state index in [1.54, 1.807) is 42.5 Å². The van der Waals surface area contributed by atoms with E-state index in [9.17, 15) is 18.8 Å². The molecule has 0 saturated carbocycles. The minimum atomic E-state index is -0.741. The number of rotatable bonds is 6. The third-order valence-corrected chi connectivity index (χ3v) is 5.61. The molecule has 0 aliphatic carbocycles. The van der Waals surface area contributed by atoms with Crippen molar-refractivity contribution in [1.29, 1.82) is 0 Å². The SMILES string of the molecule is CC(=O)NC(C(=O)N1CCCC1C(=O)NOc1ccc(-c2ccccc2F)cc1)C(C)(C)C. The molecule has 8 heteroatoms. The van der Waals surface area contributed by atoms with E-state index in [1.807, 2.05) is 20.8 Å². The Morgan fingerprint density at radius 3 is 2.36 bits per heavy atom. The van der Waals surface area contributed by atoms with Crippen LogP contribution in [-0.2, 0) is 14.4 Å². The Hall–Kier alpha value is -3.42. The van der Waals surface area contributed by atoms with Crippen LogP contribution in [0.15, 0.2) is 48.5 Å². The monoisotopic (exact) mass is 455 g/mol. The summed E-state index contributed by atoms with van der Waals surface area (Å²) in [5.41, 5.74) is 3.07. The smallest absolute Gasteiger partial charge is 0.275 e. The number of carbonyl (C=O) groups is 3. The van der Waals surface area contributed by atoms with Gasteiger partial charge < -0.3 is 15.1 Å². The fraction of sp³-hybridized carbons (Fsp3) is 0.400. The number of halogens is 1. The maximum absolute atomic E-state index is 14.0. The predicted octanol–water partition coefficient (Wildman–Crippen LogP) is 3.44. The first kappa shape index (κ1) is 24.2. The third-order valence-electron chi connectivity index (χ3n) is 5.61. The van der Waals surface area contributed by atoms with E-state index in [2.05, 4.69) is 10.8 Å². The summed E-state index contributed by atoms with van der Waals surface area (Å²) in [6.45, 7) is 7.39. The molecule has 2 aromatic carbocycles. The first-order valence-electron chi connectivity index (χ1n) is 11.0. The molecule has 1 heterocycles. The Bertz CT molecular complexity index is 1020. The van der Waals surface area contributed by atoms with Crippen LogP contribution in [0.2, 0.25) is 0 Å². The molecule has 2 N–H and O–H groups in total. The standard InChI is InChI=1S/C25H30FN3O4/c1-16(30)27-22(25(2,3)4)24(32)29-15-7-10-21(29)23(31)28-33-18-13-11-17(12-14-18)19-8-5-6-9-20(19)26/h5-6,8-9,11-14,21-22H,7,10,15H2,1-4H3,(H,27,30)(H,28,31). The van der Waals surface area contributed by atoms with Gasteiger partial charge in [0.1, 0.15) is 17.9 Å². The zero-order chi connectivity index (χ0) is 24.2. The van der Waals surface area contributed by atoms with E-state index in [0.717, 1.165) is 0 Å². The van der Waals surface area contributed by atoms with Gasteiger partial charge >= 0.3 is 0 Å². The quantitative estimate of drug-likeness (QED) is 0.654. The molecular formula is C25H30FN3O4. The summed E-state index contributed by atoms with van der Waals surface area (Å²) in [5.74, 6) is -0.965. The molecule has 2 unspecified atom stereocenters. The molecule has 0 spiro atoms. The molecule has 33 heavy (non-hydrogen) atoms. The lowest BCUT2D eigenvalue weighted by Gasteiger charge is -2.35. The van der Waals surface area contributed by atoms with Gasteiger partial charge in [0.15, 0.2) is 5.75 Å². The Morgan fingerprint density at radius 2 is 1.76 bits per heavy atom. The fourth-order valence-electron chi connectivity index (χ4n) is 3.90. The molecule has 2 aromatic rings. The van der Waals surface area contributed by atoms with E-state index < -0.39 is 23.4 Å². The zero-order valence-electron chi connectivity index (χ0n) is 19.4. The first-order chi connectivity index (χ1) is 15.6. The van der Waals surface area contributed by atoms with E-state index in [-0.39, 0.29) is 17.6 Å². The van der Waals surface area contributed by atoms with E-state index in [0.29, 0.717) is 36.3 Å². The highest BCUT2D eigenvalue weighted by Crippen LogP contribution is 2.27. The molecule has 0 aromatic heterocycles. The van der Waals surface area contributed by atoms with Gasteiger partial charge in [-0.2, -0.15) is 5.48 Å². The Labute approximate surface area is 193 Å². The molecule has 0 bridgehead atoms. The summed E-state index contributed by atoms with van der Waals surface area (Å²) >= 11 is 0. The summed E-state index contributed by atoms with van der Waals surface area (Å²) in [4.78, 5) is 44.5. The second-order valence-corrected chi connectivity index (χ2v) is 9.26. The van der Waals surface area contributed by atoms with Crippen molar-refractivity contribution in [2.24, 2.45) is 5.41 Å². The highest BCUT2D eigenvalue weighted by molar-refractivity contribution is 5.92. The van der Waals surface area contributed by atoms with Crippen LogP contribution in [0.5, 0.6) is 5.75 Å².